The first kappa shape index (κ1) is 25.2. The van der Waals surface area contributed by atoms with E-state index in [1.54, 1.807) is 7.11 Å². The maximum atomic E-state index is 5.47. The summed E-state index contributed by atoms with van der Waals surface area (Å²) < 4.78 is 11.6. The number of halogens is 1. The number of piperazine rings is 1. The van der Waals surface area contributed by atoms with Gasteiger partial charge in [-0.15, -0.1) is 0 Å². The first-order valence-electron chi connectivity index (χ1n) is 13.1. The highest BCUT2D eigenvalue weighted by molar-refractivity contribution is 9.10. The topological polar surface area (TPSA) is 82.6 Å². The van der Waals surface area contributed by atoms with Gasteiger partial charge in [-0.3, -0.25) is 9.80 Å². The van der Waals surface area contributed by atoms with Gasteiger partial charge in [0, 0.05) is 76.4 Å². The number of fused-ring (bicyclic) bond motifs is 1. The van der Waals surface area contributed by atoms with Crippen LogP contribution < -0.4 is 9.64 Å². The van der Waals surface area contributed by atoms with E-state index in [0.717, 1.165) is 98.3 Å². The van der Waals surface area contributed by atoms with Crippen LogP contribution in [0.2, 0.25) is 0 Å². The highest BCUT2D eigenvalue weighted by Crippen LogP contribution is 2.34. The van der Waals surface area contributed by atoms with Crippen LogP contribution in [0.5, 0.6) is 5.88 Å². The molecule has 1 aromatic carbocycles. The summed E-state index contributed by atoms with van der Waals surface area (Å²) in [5, 5.41) is 0. The Hall–Kier alpha value is -3.05. The van der Waals surface area contributed by atoms with E-state index in [2.05, 4.69) is 75.9 Å². The number of hydrogen-bond donors (Lipinski definition) is 1. The molecule has 2 aliphatic heterocycles. The number of anilines is 1. The lowest BCUT2D eigenvalue weighted by atomic mass is 10.1. The van der Waals surface area contributed by atoms with Crippen molar-refractivity contribution in [3.63, 3.8) is 0 Å². The molecular weight excluding hydrogens is 546 g/mol. The molecule has 6 rings (SSSR count). The molecule has 9 nitrogen and oxygen atoms in total. The molecule has 0 amide bonds. The van der Waals surface area contributed by atoms with Crippen molar-refractivity contribution in [2.45, 2.75) is 13.1 Å². The van der Waals surface area contributed by atoms with Crippen LogP contribution in [0, 0.1) is 0 Å². The molecule has 0 atom stereocenters. The minimum absolute atomic E-state index is 0.646. The quantitative estimate of drug-likeness (QED) is 0.353. The van der Waals surface area contributed by atoms with Gasteiger partial charge in [-0.1, -0.05) is 30.3 Å². The van der Waals surface area contributed by atoms with Gasteiger partial charge in [0.1, 0.15) is 11.3 Å². The zero-order chi connectivity index (χ0) is 25.9. The third kappa shape index (κ3) is 5.54. The van der Waals surface area contributed by atoms with Gasteiger partial charge in [-0.05, 0) is 27.1 Å². The molecule has 198 valence electrons. The van der Waals surface area contributed by atoms with Gasteiger partial charge in [0.25, 0.3) is 0 Å². The molecule has 0 bridgehead atoms. The number of hydrogen-bond acceptors (Lipinski definition) is 8. The van der Waals surface area contributed by atoms with Crippen molar-refractivity contribution >= 4 is 32.8 Å². The minimum Gasteiger partial charge on any atom is -0.481 e. The third-order valence-electron chi connectivity index (χ3n) is 7.28. The second-order valence-electron chi connectivity index (χ2n) is 9.79. The van der Waals surface area contributed by atoms with Gasteiger partial charge in [-0.25, -0.2) is 15.0 Å². The molecule has 4 aromatic rings. The monoisotopic (exact) mass is 577 g/mol. The van der Waals surface area contributed by atoms with Gasteiger partial charge in [0.2, 0.25) is 5.88 Å². The number of aromatic amines is 1. The highest BCUT2D eigenvalue weighted by atomic mass is 79.9. The third-order valence-corrected chi connectivity index (χ3v) is 7.86. The summed E-state index contributed by atoms with van der Waals surface area (Å²) >= 11 is 3.75. The summed E-state index contributed by atoms with van der Waals surface area (Å²) in [5.41, 5.74) is 6.37. The standard InChI is InChI=1S/C28H32BrN7O2/c1-37-24-7-4-21(16-30-24)19-34-8-10-36(11-9-34)26-23(29)17-31-28-25(26)32-27(33-28)22-5-2-20(3-6-22)18-35-12-14-38-15-13-35/h2-7,16-17H,8-15,18-19H2,1H3,(H,31,32,33). The van der Waals surface area contributed by atoms with Crippen LogP contribution in [-0.4, -0.2) is 89.3 Å². The summed E-state index contributed by atoms with van der Waals surface area (Å²) in [5.74, 6) is 1.49. The Balaban J connectivity index is 1.15. The summed E-state index contributed by atoms with van der Waals surface area (Å²) in [6.45, 7) is 9.19. The molecule has 38 heavy (non-hydrogen) atoms. The second kappa shape index (κ2) is 11.4. The van der Waals surface area contributed by atoms with Gasteiger partial charge in [-0.2, -0.15) is 0 Å². The van der Waals surface area contributed by atoms with E-state index in [9.17, 15) is 0 Å². The van der Waals surface area contributed by atoms with Crippen molar-refractivity contribution in [3.05, 3.63) is 64.4 Å². The van der Waals surface area contributed by atoms with Crippen LogP contribution in [0.1, 0.15) is 11.1 Å². The predicted octanol–water partition coefficient (Wildman–Crippen LogP) is 3.95. The molecule has 0 saturated carbocycles. The van der Waals surface area contributed by atoms with Gasteiger partial charge >= 0.3 is 0 Å². The maximum Gasteiger partial charge on any atom is 0.212 e. The average molecular weight is 579 g/mol. The first-order chi connectivity index (χ1) is 18.7. The van der Waals surface area contributed by atoms with Crippen LogP contribution >= 0.6 is 15.9 Å². The fraction of sp³-hybridized carbons (Fsp3) is 0.393. The van der Waals surface area contributed by atoms with Gasteiger partial charge < -0.3 is 19.4 Å². The predicted molar refractivity (Wildman–Crippen MR) is 151 cm³/mol. The number of pyridine rings is 2. The van der Waals surface area contributed by atoms with E-state index >= 15 is 0 Å². The largest absolute Gasteiger partial charge is 0.481 e. The van der Waals surface area contributed by atoms with Crippen LogP contribution in [0.3, 0.4) is 0 Å². The van der Waals surface area contributed by atoms with Crippen molar-refractivity contribution < 1.29 is 9.47 Å². The Bertz CT molecular complexity index is 1360. The Kier molecular flexibility index (Phi) is 7.55. The number of imidazole rings is 1. The van der Waals surface area contributed by atoms with Crippen LogP contribution in [0.4, 0.5) is 5.69 Å². The summed E-state index contributed by atoms with van der Waals surface area (Å²) in [6, 6.07) is 12.7. The van der Waals surface area contributed by atoms with Crippen LogP contribution in [-0.2, 0) is 17.8 Å². The Labute approximate surface area is 230 Å². The molecule has 2 aliphatic rings. The fourth-order valence-electron chi connectivity index (χ4n) is 5.15. The normalized spacial score (nSPS) is 17.3. The van der Waals surface area contributed by atoms with Gasteiger partial charge in [0.05, 0.1) is 30.5 Å². The second-order valence-corrected chi connectivity index (χ2v) is 10.6. The number of benzene rings is 1. The number of H-pyrrole nitrogens is 1. The van der Waals surface area contributed by atoms with Crippen molar-refractivity contribution in [1.29, 1.82) is 0 Å². The van der Waals surface area contributed by atoms with E-state index in [1.807, 2.05) is 18.5 Å². The molecule has 5 heterocycles. The van der Waals surface area contributed by atoms with E-state index in [0.29, 0.717) is 5.88 Å². The number of nitrogens with zero attached hydrogens (tertiary/aromatic N) is 6. The van der Waals surface area contributed by atoms with E-state index in [-0.39, 0.29) is 0 Å². The molecule has 3 aromatic heterocycles. The molecule has 2 fully saturated rings. The Morgan fingerprint density at radius 2 is 1.58 bits per heavy atom. The van der Waals surface area contributed by atoms with Crippen molar-refractivity contribution in [2.75, 3.05) is 64.5 Å². The molecule has 0 spiro atoms. The van der Waals surface area contributed by atoms with E-state index < -0.39 is 0 Å². The number of rotatable bonds is 7. The summed E-state index contributed by atoms with van der Waals surface area (Å²) in [7, 11) is 1.64. The number of methoxy groups -OCH3 is 1. The Morgan fingerprint density at radius 1 is 0.868 bits per heavy atom. The maximum absolute atomic E-state index is 5.47. The van der Waals surface area contributed by atoms with Crippen molar-refractivity contribution in [1.82, 2.24) is 29.7 Å². The fourth-order valence-corrected chi connectivity index (χ4v) is 5.70. The van der Waals surface area contributed by atoms with E-state index in [4.69, 9.17) is 14.5 Å². The number of aromatic nitrogens is 4. The van der Waals surface area contributed by atoms with Crippen LogP contribution in [0.25, 0.3) is 22.6 Å². The molecule has 1 N–H and O–H groups in total. The van der Waals surface area contributed by atoms with Crippen molar-refractivity contribution in [3.8, 4) is 17.3 Å². The molecule has 10 heteroatoms. The van der Waals surface area contributed by atoms with E-state index in [1.165, 1.54) is 11.1 Å². The van der Waals surface area contributed by atoms with Crippen molar-refractivity contribution in [2.24, 2.45) is 0 Å². The smallest absolute Gasteiger partial charge is 0.212 e. The summed E-state index contributed by atoms with van der Waals surface area (Å²) in [6.07, 6.45) is 3.77. The molecule has 0 unspecified atom stereocenters. The zero-order valence-corrected chi connectivity index (χ0v) is 23.2. The molecule has 2 saturated heterocycles. The average Bonchev–Trinajstić information content (AvgIpc) is 3.39. The molecule has 0 radical (unpaired) electrons. The molecule has 0 aliphatic carbocycles. The first-order valence-corrected chi connectivity index (χ1v) is 13.9. The lowest BCUT2D eigenvalue weighted by Gasteiger charge is -2.36. The zero-order valence-electron chi connectivity index (χ0n) is 21.6. The number of morpholine rings is 1. The number of ether oxygens (including phenoxy) is 2. The molecular formula is C28H32BrN7O2. The van der Waals surface area contributed by atoms with Crippen LogP contribution in [0.15, 0.2) is 53.3 Å². The minimum atomic E-state index is 0.646. The lowest BCUT2D eigenvalue weighted by molar-refractivity contribution is 0.0342. The van der Waals surface area contributed by atoms with Gasteiger partial charge in [0.15, 0.2) is 5.65 Å². The lowest BCUT2D eigenvalue weighted by Crippen LogP contribution is -2.46. The highest BCUT2D eigenvalue weighted by Gasteiger charge is 2.23. The summed E-state index contributed by atoms with van der Waals surface area (Å²) in [4.78, 5) is 24.7. The Morgan fingerprint density at radius 3 is 2.29 bits per heavy atom. The number of nitrogens with one attached hydrogen (secondary N) is 1. The SMILES string of the molecule is COc1ccc(CN2CCN(c3c(Br)cnc4[nH]c(-c5ccc(CN6CCOCC6)cc5)nc34)CC2)cn1.